The molecule has 126 valence electrons. The van der Waals surface area contributed by atoms with E-state index in [0.717, 1.165) is 0 Å². The lowest BCUT2D eigenvalue weighted by Crippen LogP contribution is -2.14. The highest BCUT2D eigenvalue weighted by atomic mass is 79.9. The third-order valence-electron chi connectivity index (χ3n) is 3.15. The number of ether oxygens (including phenoxy) is 2. The number of carbonyl (C=O) groups is 2. The number of esters is 1. The fraction of sp³-hybridized carbons (Fsp3) is 0.176. The topological polar surface area (TPSA) is 64.6 Å². The van der Waals surface area contributed by atoms with Crippen LogP contribution in [-0.4, -0.2) is 25.6 Å². The van der Waals surface area contributed by atoms with Gasteiger partial charge in [0.2, 0.25) is 0 Å². The number of halogens is 2. The molecular weight excluding hydrogens is 398 g/mol. The van der Waals surface area contributed by atoms with Crippen molar-refractivity contribution >= 4 is 45.1 Å². The van der Waals surface area contributed by atoms with Crippen LogP contribution in [-0.2, 0) is 4.74 Å². The highest BCUT2D eigenvalue weighted by molar-refractivity contribution is 9.10. The van der Waals surface area contributed by atoms with Crippen LogP contribution in [0.4, 0.5) is 5.69 Å². The fourth-order valence-electron chi connectivity index (χ4n) is 2.02. The van der Waals surface area contributed by atoms with E-state index in [-0.39, 0.29) is 28.8 Å². The summed E-state index contributed by atoms with van der Waals surface area (Å²) in [6.07, 6.45) is 0. The second kappa shape index (κ2) is 8.17. The van der Waals surface area contributed by atoms with Crippen molar-refractivity contribution in [2.45, 2.75) is 6.92 Å². The Bertz CT molecular complexity index is 779. The third-order valence-corrected chi connectivity index (χ3v) is 4.16. The molecule has 0 aliphatic heterocycles. The van der Waals surface area contributed by atoms with Crippen LogP contribution in [0, 0.1) is 0 Å². The van der Waals surface area contributed by atoms with Gasteiger partial charge in [0.15, 0.2) is 0 Å². The van der Waals surface area contributed by atoms with Gasteiger partial charge in [0.1, 0.15) is 11.3 Å². The molecule has 0 fully saturated rings. The highest BCUT2D eigenvalue weighted by Gasteiger charge is 2.19. The summed E-state index contributed by atoms with van der Waals surface area (Å²) in [4.78, 5) is 24.3. The third kappa shape index (κ3) is 4.07. The second-order valence-electron chi connectivity index (χ2n) is 4.69. The molecule has 5 nitrogen and oxygen atoms in total. The lowest BCUT2D eigenvalue weighted by molar-refractivity contribution is 0.0522. The summed E-state index contributed by atoms with van der Waals surface area (Å²) < 4.78 is 10.8. The first-order valence-electron chi connectivity index (χ1n) is 7.08. The molecule has 0 aliphatic rings. The molecule has 0 atom stereocenters. The fourth-order valence-corrected chi connectivity index (χ4v) is 2.70. The van der Waals surface area contributed by atoms with E-state index in [9.17, 15) is 9.59 Å². The number of nitrogens with one attached hydrogen (secondary N) is 1. The monoisotopic (exact) mass is 411 g/mol. The van der Waals surface area contributed by atoms with Gasteiger partial charge in [0.05, 0.1) is 30.0 Å². The Morgan fingerprint density at radius 2 is 1.92 bits per heavy atom. The van der Waals surface area contributed by atoms with E-state index < -0.39 is 5.97 Å². The van der Waals surface area contributed by atoms with Gasteiger partial charge in [-0.05, 0) is 41.1 Å². The largest absolute Gasteiger partial charge is 0.496 e. The van der Waals surface area contributed by atoms with Crippen LogP contribution in [0.2, 0.25) is 5.02 Å². The zero-order valence-corrected chi connectivity index (χ0v) is 15.4. The Labute approximate surface area is 153 Å². The molecule has 0 aliphatic carbocycles. The first kappa shape index (κ1) is 18.3. The molecule has 1 N–H and O–H groups in total. The van der Waals surface area contributed by atoms with E-state index in [4.69, 9.17) is 21.1 Å². The minimum atomic E-state index is -0.542. The minimum absolute atomic E-state index is 0.197. The maximum absolute atomic E-state index is 12.4. The Hall–Kier alpha value is -2.05. The van der Waals surface area contributed by atoms with Crippen molar-refractivity contribution in [2.75, 3.05) is 19.0 Å². The maximum Gasteiger partial charge on any atom is 0.341 e. The lowest BCUT2D eigenvalue weighted by atomic mass is 10.1. The molecule has 0 spiro atoms. The van der Waals surface area contributed by atoms with Gasteiger partial charge in [-0.25, -0.2) is 4.79 Å². The first-order chi connectivity index (χ1) is 11.5. The Balaban J connectivity index is 2.33. The number of amides is 1. The van der Waals surface area contributed by atoms with Gasteiger partial charge in [0, 0.05) is 10.5 Å². The summed E-state index contributed by atoms with van der Waals surface area (Å²) in [7, 11) is 1.42. The van der Waals surface area contributed by atoms with Gasteiger partial charge in [0.25, 0.3) is 5.91 Å². The summed E-state index contributed by atoms with van der Waals surface area (Å²) in [5, 5.41) is 2.91. The number of hydrogen-bond donors (Lipinski definition) is 1. The quantitative estimate of drug-likeness (QED) is 0.732. The van der Waals surface area contributed by atoms with Gasteiger partial charge in [-0.15, -0.1) is 0 Å². The molecule has 0 heterocycles. The average molecular weight is 413 g/mol. The highest BCUT2D eigenvalue weighted by Crippen LogP contribution is 2.32. The van der Waals surface area contributed by atoms with Crippen LogP contribution in [0.25, 0.3) is 0 Å². The van der Waals surface area contributed by atoms with Crippen molar-refractivity contribution in [3.8, 4) is 5.75 Å². The molecule has 2 aromatic rings. The second-order valence-corrected chi connectivity index (χ2v) is 5.95. The predicted molar refractivity (Wildman–Crippen MR) is 96.1 cm³/mol. The van der Waals surface area contributed by atoms with E-state index in [1.165, 1.54) is 19.2 Å². The molecule has 0 bridgehead atoms. The maximum atomic E-state index is 12.4. The molecule has 1 amide bonds. The summed E-state index contributed by atoms with van der Waals surface area (Å²) in [6, 6.07) is 9.91. The van der Waals surface area contributed by atoms with Gasteiger partial charge >= 0.3 is 5.97 Å². The molecule has 2 aromatic carbocycles. The minimum Gasteiger partial charge on any atom is -0.496 e. The number of methoxy groups -OCH3 is 1. The normalized spacial score (nSPS) is 10.2. The van der Waals surface area contributed by atoms with Gasteiger partial charge in [-0.2, -0.15) is 0 Å². The zero-order chi connectivity index (χ0) is 17.7. The summed E-state index contributed by atoms with van der Waals surface area (Å²) in [5.41, 5.74) is 0.993. The summed E-state index contributed by atoms with van der Waals surface area (Å²) in [5.74, 6) is -0.615. The summed E-state index contributed by atoms with van der Waals surface area (Å²) >= 11 is 9.51. The Kier molecular flexibility index (Phi) is 6.23. The van der Waals surface area contributed by atoms with E-state index >= 15 is 0 Å². The molecule has 0 saturated carbocycles. The van der Waals surface area contributed by atoms with Crippen molar-refractivity contribution in [1.82, 2.24) is 0 Å². The Morgan fingerprint density at radius 3 is 2.54 bits per heavy atom. The summed E-state index contributed by atoms with van der Waals surface area (Å²) in [6.45, 7) is 1.94. The molecule has 2 rings (SSSR count). The standard InChI is InChI=1S/C17H15BrClNO4/c1-3-24-17(22)11-8-13(19)14(9-15(11)23-2)20-16(21)10-6-4-5-7-12(10)18/h4-9H,3H2,1-2H3,(H,20,21). The van der Waals surface area contributed by atoms with Crippen molar-refractivity contribution in [2.24, 2.45) is 0 Å². The van der Waals surface area contributed by atoms with Gasteiger partial charge in [-0.3, -0.25) is 4.79 Å². The van der Waals surface area contributed by atoms with Crippen LogP contribution in [0.5, 0.6) is 5.75 Å². The van der Waals surface area contributed by atoms with Crippen LogP contribution in [0.3, 0.4) is 0 Å². The SMILES string of the molecule is CCOC(=O)c1cc(Cl)c(NC(=O)c2ccccc2Br)cc1OC. The number of hydrogen-bond acceptors (Lipinski definition) is 4. The Morgan fingerprint density at radius 1 is 1.21 bits per heavy atom. The zero-order valence-electron chi connectivity index (χ0n) is 13.1. The smallest absolute Gasteiger partial charge is 0.341 e. The average Bonchev–Trinajstić information content (AvgIpc) is 2.56. The van der Waals surface area contributed by atoms with Crippen LogP contribution >= 0.6 is 27.5 Å². The molecule has 7 heteroatoms. The van der Waals surface area contributed by atoms with E-state index in [1.807, 2.05) is 6.07 Å². The molecule has 0 radical (unpaired) electrons. The van der Waals surface area contributed by atoms with Crippen molar-refractivity contribution in [1.29, 1.82) is 0 Å². The van der Waals surface area contributed by atoms with Crippen molar-refractivity contribution in [3.63, 3.8) is 0 Å². The predicted octanol–water partition coefficient (Wildman–Crippen LogP) is 4.54. The first-order valence-corrected chi connectivity index (χ1v) is 8.25. The number of benzene rings is 2. The molecule has 0 aromatic heterocycles. The van der Waals surface area contributed by atoms with Crippen molar-refractivity contribution < 1.29 is 19.1 Å². The van der Waals surface area contributed by atoms with E-state index in [2.05, 4.69) is 21.2 Å². The van der Waals surface area contributed by atoms with Crippen LogP contribution in [0.1, 0.15) is 27.6 Å². The number of carbonyl (C=O) groups excluding carboxylic acids is 2. The number of anilines is 1. The van der Waals surface area contributed by atoms with Gasteiger partial charge in [-0.1, -0.05) is 23.7 Å². The van der Waals surface area contributed by atoms with Crippen LogP contribution < -0.4 is 10.1 Å². The van der Waals surface area contributed by atoms with E-state index in [0.29, 0.717) is 15.7 Å². The molecule has 24 heavy (non-hydrogen) atoms. The lowest BCUT2D eigenvalue weighted by Gasteiger charge is -2.13. The molecular formula is C17H15BrClNO4. The van der Waals surface area contributed by atoms with Crippen LogP contribution in [0.15, 0.2) is 40.9 Å². The number of rotatable bonds is 5. The van der Waals surface area contributed by atoms with Gasteiger partial charge < -0.3 is 14.8 Å². The van der Waals surface area contributed by atoms with Crippen molar-refractivity contribution in [3.05, 3.63) is 57.0 Å². The molecule has 0 saturated heterocycles. The van der Waals surface area contributed by atoms with E-state index in [1.54, 1.807) is 25.1 Å². The molecule has 0 unspecified atom stereocenters.